The first-order chi connectivity index (χ1) is 15.3. The molecule has 1 aliphatic heterocycles. The number of aliphatic hydroxyl groups is 1. The lowest BCUT2D eigenvalue weighted by Gasteiger charge is -2.40. The minimum atomic E-state index is -1.08. The zero-order valence-electron chi connectivity index (χ0n) is 17.4. The van der Waals surface area contributed by atoms with Crippen LogP contribution in [0.1, 0.15) is 16.7 Å². The van der Waals surface area contributed by atoms with Crippen LogP contribution in [0, 0.1) is 0 Å². The van der Waals surface area contributed by atoms with E-state index >= 15 is 0 Å². The van der Waals surface area contributed by atoms with Crippen molar-refractivity contribution in [1.29, 1.82) is 0 Å². The third kappa shape index (κ3) is 6.23. The van der Waals surface area contributed by atoms with Gasteiger partial charge in [0.15, 0.2) is 6.29 Å². The van der Waals surface area contributed by atoms with Crippen LogP contribution in [0.2, 0.25) is 0 Å². The van der Waals surface area contributed by atoms with Crippen molar-refractivity contribution in [1.82, 2.24) is 0 Å². The van der Waals surface area contributed by atoms with Crippen molar-refractivity contribution in [2.75, 3.05) is 6.61 Å². The smallest absolute Gasteiger partial charge is 0.183 e. The SMILES string of the molecule is OC1OC[C@@H](OCc2ccccc2)[C@H](OCc2ccccc2)[C@@H]1OCc1ccccc1. The highest BCUT2D eigenvalue weighted by molar-refractivity contribution is 5.15. The first-order valence-corrected chi connectivity index (χ1v) is 10.6. The molecule has 0 amide bonds. The van der Waals surface area contributed by atoms with Gasteiger partial charge in [-0.2, -0.15) is 0 Å². The summed E-state index contributed by atoms with van der Waals surface area (Å²) in [6.07, 6.45) is -2.59. The van der Waals surface area contributed by atoms with Crippen molar-refractivity contribution in [3.63, 3.8) is 0 Å². The normalized spacial score (nSPS) is 23.5. The van der Waals surface area contributed by atoms with E-state index in [0.717, 1.165) is 16.7 Å². The van der Waals surface area contributed by atoms with Crippen molar-refractivity contribution >= 4 is 0 Å². The van der Waals surface area contributed by atoms with Gasteiger partial charge in [-0.3, -0.25) is 0 Å². The Kier molecular flexibility index (Phi) is 7.82. The van der Waals surface area contributed by atoms with E-state index in [1.807, 2.05) is 91.0 Å². The molecule has 4 atom stereocenters. The molecule has 3 aromatic carbocycles. The van der Waals surface area contributed by atoms with E-state index < -0.39 is 18.5 Å². The van der Waals surface area contributed by atoms with Crippen LogP contribution in [-0.4, -0.2) is 36.3 Å². The average molecular weight is 421 g/mol. The van der Waals surface area contributed by atoms with Crippen LogP contribution in [0.25, 0.3) is 0 Å². The minimum Gasteiger partial charge on any atom is -0.368 e. The lowest BCUT2D eigenvalue weighted by atomic mass is 10.0. The molecule has 1 fully saturated rings. The second-order valence-corrected chi connectivity index (χ2v) is 7.58. The molecule has 0 spiro atoms. The molecule has 0 bridgehead atoms. The van der Waals surface area contributed by atoms with Crippen molar-refractivity contribution in [3.05, 3.63) is 108 Å². The van der Waals surface area contributed by atoms with Gasteiger partial charge in [-0.1, -0.05) is 91.0 Å². The van der Waals surface area contributed by atoms with Gasteiger partial charge in [0.05, 0.1) is 26.4 Å². The van der Waals surface area contributed by atoms with Gasteiger partial charge in [0.25, 0.3) is 0 Å². The second-order valence-electron chi connectivity index (χ2n) is 7.58. The molecule has 1 heterocycles. The summed E-state index contributed by atoms with van der Waals surface area (Å²) in [6, 6.07) is 29.8. The Labute approximate surface area is 183 Å². The second kappa shape index (κ2) is 11.2. The molecule has 1 N–H and O–H groups in total. The number of hydrogen-bond donors (Lipinski definition) is 1. The van der Waals surface area contributed by atoms with Gasteiger partial charge in [0.2, 0.25) is 0 Å². The van der Waals surface area contributed by atoms with Crippen LogP contribution in [0.15, 0.2) is 91.0 Å². The maximum absolute atomic E-state index is 10.5. The van der Waals surface area contributed by atoms with E-state index in [-0.39, 0.29) is 12.7 Å². The molecular formula is C26H28O5. The standard InChI is InChI=1S/C26H28O5/c27-26-25(30-18-22-14-8-3-9-15-22)24(29-17-21-12-6-2-7-13-21)23(19-31-26)28-16-20-10-4-1-5-11-20/h1-15,23-27H,16-19H2/t23-,24+,25+,26?/m1/s1. The topological polar surface area (TPSA) is 57.2 Å². The fourth-order valence-electron chi connectivity index (χ4n) is 3.59. The summed E-state index contributed by atoms with van der Waals surface area (Å²) >= 11 is 0. The predicted octanol–water partition coefficient (Wildman–Crippen LogP) is 4.09. The molecule has 31 heavy (non-hydrogen) atoms. The van der Waals surface area contributed by atoms with Crippen LogP contribution in [-0.2, 0) is 38.8 Å². The summed E-state index contributed by atoms with van der Waals surface area (Å²) in [5.74, 6) is 0. The maximum atomic E-state index is 10.5. The van der Waals surface area contributed by atoms with E-state index in [9.17, 15) is 5.11 Å². The van der Waals surface area contributed by atoms with Crippen LogP contribution in [0.4, 0.5) is 0 Å². The largest absolute Gasteiger partial charge is 0.368 e. The summed E-state index contributed by atoms with van der Waals surface area (Å²) in [5.41, 5.74) is 3.13. The molecule has 1 saturated heterocycles. The molecule has 0 aliphatic carbocycles. The van der Waals surface area contributed by atoms with E-state index in [0.29, 0.717) is 19.8 Å². The summed E-state index contributed by atoms with van der Waals surface area (Å²) < 4.78 is 24.1. The average Bonchev–Trinajstić information content (AvgIpc) is 2.83. The molecule has 3 aromatic rings. The van der Waals surface area contributed by atoms with Crippen molar-refractivity contribution in [2.45, 2.75) is 44.4 Å². The summed E-state index contributed by atoms with van der Waals surface area (Å²) in [4.78, 5) is 0. The number of benzene rings is 3. The molecule has 1 unspecified atom stereocenters. The Morgan fingerprint density at radius 3 is 1.52 bits per heavy atom. The summed E-state index contributed by atoms with van der Waals surface area (Å²) in [6.45, 7) is 1.41. The summed E-state index contributed by atoms with van der Waals surface area (Å²) in [7, 11) is 0. The number of ether oxygens (including phenoxy) is 4. The van der Waals surface area contributed by atoms with Crippen LogP contribution in [0.3, 0.4) is 0 Å². The van der Waals surface area contributed by atoms with Crippen LogP contribution in [0.5, 0.6) is 0 Å². The van der Waals surface area contributed by atoms with E-state index in [4.69, 9.17) is 18.9 Å². The Morgan fingerprint density at radius 1 is 0.613 bits per heavy atom. The summed E-state index contributed by atoms with van der Waals surface area (Å²) in [5, 5.41) is 10.5. The third-order valence-corrected chi connectivity index (χ3v) is 5.28. The van der Waals surface area contributed by atoms with Gasteiger partial charge in [0, 0.05) is 0 Å². The maximum Gasteiger partial charge on any atom is 0.183 e. The minimum absolute atomic E-state index is 0.235. The molecule has 5 heteroatoms. The Balaban J connectivity index is 1.46. The number of hydrogen-bond acceptors (Lipinski definition) is 5. The van der Waals surface area contributed by atoms with Crippen LogP contribution >= 0.6 is 0 Å². The Bertz CT molecular complexity index is 887. The van der Waals surface area contributed by atoms with E-state index in [1.54, 1.807) is 0 Å². The molecule has 1 aliphatic rings. The van der Waals surface area contributed by atoms with Crippen molar-refractivity contribution in [3.8, 4) is 0 Å². The van der Waals surface area contributed by atoms with Crippen LogP contribution < -0.4 is 0 Å². The monoisotopic (exact) mass is 420 g/mol. The lowest BCUT2D eigenvalue weighted by Crippen LogP contribution is -2.56. The van der Waals surface area contributed by atoms with Crippen molar-refractivity contribution < 1.29 is 24.1 Å². The van der Waals surface area contributed by atoms with Gasteiger partial charge in [-0.05, 0) is 16.7 Å². The van der Waals surface area contributed by atoms with Gasteiger partial charge in [-0.25, -0.2) is 0 Å². The number of rotatable bonds is 9. The van der Waals surface area contributed by atoms with E-state index in [2.05, 4.69) is 0 Å². The molecule has 162 valence electrons. The molecular weight excluding hydrogens is 392 g/mol. The fraction of sp³-hybridized carbons (Fsp3) is 0.308. The van der Waals surface area contributed by atoms with Gasteiger partial charge in [-0.15, -0.1) is 0 Å². The Morgan fingerprint density at radius 2 is 1.03 bits per heavy atom. The zero-order valence-corrected chi connectivity index (χ0v) is 17.4. The van der Waals surface area contributed by atoms with Crippen molar-refractivity contribution in [2.24, 2.45) is 0 Å². The molecule has 0 radical (unpaired) electrons. The van der Waals surface area contributed by atoms with Gasteiger partial charge in [0.1, 0.15) is 18.3 Å². The fourth-order valence-corrected chi connectivity index (χ4v) is 3.59. The Hall–Kier alpha value is -2.54. The number of aliphatic hydroxyl groups excluding tert-OH is 1. The van der Waals surface area contributed by atoms with E-state index in [1.165, 1.54) is 0 Å². The molecule has 0 saturated carbocycles. The highest BCUT2D eigenvalue weighted by Gasteiger charge is 2.42. The van der Waals surface area contributed by atoms with Gasteiger partial charge >= 0.3 is 0 Å². The molecule has 4 rings (SSSR count). The molecule has 0 aromatic heterocycles. The first-order valence-electron chi connectivity index (χ1n) is 10.6. The highest BCUT2D eigenvalue weighted by Crippen LogP contribution is 2.25. The predicted molar refractivity (Wildman–Crippen MR) is 117 cm³/mol. The zero-order chi connectivity index (χ0) is 21.3. The molecule has 5 nitrogen and oxygen atoms in total. The first kappa shape index (κ1) is 21.7. The third-order valence-electron chi connectivity index (χ3n) is 5.28. The highest BCUT2D eigenvalue weighted by atomic mass is 16.7. The van der Waals surface area contributed by atoms with Gasteiger partial charge < -0.3 is 24.1 Å². The lowest BCUT2D eigenvalue weighted by molar-refractivity contribution is -0.286. The quantitative estimate of drug-likeness (QED) is 0.565.